The average Bonchev–Trinajstić information content (AvgIpc) is 2.13. The van der Waals surface area contributed by atoms with Crippen molar-refractivity contribution in [2.75, 3.05) is 0 Å². The van der Waals surface area contributed by atoms with Crippen molar-refractivity contribution in [3.05, 3.63) is 35.4 Å². The normalized spacial score (nSPS) is 19.7. The van der Waals surface area contributed by atoms with Crippen LogP contribution in [0.3, 0.4) is 0 Å². The van der Waals surface area contributed by atoms with E-state index >= 15 is 0 Å². The summed E-state index contributed by atoms with van der Waals surface area (Å²) in [5.74, 6) is 0. The third kappa shape index (κ3) is 1.91. The molecule has 2 rings (SSSR count). The summed E-state index contributed by atoms with van der Waals surface area (Å²) < 4.78 is 13.6. The van der Waals surface area contributed by atoms with Gasteiger partial charge in [0.15, 0.2) is 0 Å². The topological polar surface area (TPSA) is 26.0 Å². The van der Waals surface area contributed by atoms with Gasteiger partial charge in [0.25, 0.3) is 0 Å². The Labute approximate surface area is 90.5 Å². The maximum absolute atomic E-state index is 13.6. The second-order valence-electron chi connectivity index (χ2n) is 5.06. The van der Waals surface area contributed by atoms with Gasteiger partial charge in [0.1, 0.15) is 5.67 Å². The summed E-state index contributed by atoms with van der Waals surface area (Å²) in [5, 5.41) is 0. The smallest absolute Gasteiger partial charge is 0.130 e. The van der Waals surface area contributed by atoms with Gasteiger partial charge in [-0.1, -0.05) is 24.3 Å². The number of halogens is 1. The summed E-state index contributed by atoms with van der Waals surface area (Å²) in [4.78, 5) is 0. The van der Waals surface area contributed by atoms with Gasteiger partial charge in [0, 0.05) is 5.54 Å². The highest BCUT2D eigenvalue weighted by atomic mass is 19.1. The van der Waals surface area contributed by atoms with Crippen molar-refractivity contribution in [2.24, 2.45) is 5.73 Å². The van der Waals surface area contributed by atoms with E-state index in [-0.39, 0.29) is 5.54 Å². The first kappa shape index (κ1) is 10.6. The molecule has 0 bridgehead atoms. The van der Waals surface area contributed by atoms with Crippen LogP contribution in [0.1, 0.15) is 44.2 Å². The van der Waals surface area contributed by atoms with Gasteiger partial charge in [-0.2, -0.15) is 0 Å². The van der Waals surface area contributed by atoms with Crippen molar-refractivity contribution in [1.82, 2.24) is 0 Å². The highest BCUT2D eigenvalue weighted by Crippen LogP contribution is 2.39. The van der Waals surface area contributed by atoms with Crippen LogP contribution in [0.25, 0.3) is 0 Å². The van der Waals surface area contributed by atoms with Crippen molar-refractivity contribution >= 4 is 0 Å². The molecule has 1 fully saturated rings. The van der Waals surface area contributed by atoms with Gasteiger partial charge in [-0.3, -0.25) is 0 Å². The van der Waals surface area contributed by atoms with Crippen LogP contribution in [0.2, 0.25) is 0 Å². The molecule has 1 aliphatic carbocycles. The molecule has 0 aliphatic heterocycles. The van der Waals surface area contributed by atoms with Gasteiger partial charge in [-0.05, 0) is 44.2 Å². The molecule has 0 saturated heterocycles. The van der Waals surface area contributed by atoms with Crippen molar-refractivity contribution < 1.29 is 4.39 Å². The fourth-order valence-corrected chi connectivity index (χ4v) is 2.04. The van der Waals surface area contributed by atoms with E-state index in [4.69, 9.17) is 5.73 Å². The van der Waals surface area contributed by atoms with Crippen molar-refractivity contribution in [2.45, 2.75) is 44.3 Å². The van der Waals surface area contributed by atoms with Crippen LogP contribution >= 0.6 is 0 Å². The molecule has 15 heavy (non-hydrogen) atoms. The first-order chi connectivity index (χ1) is 6.92. The summed E-state index contributed by atoms with van der Waals surface area (Å²) in [6.45, 7) is 3.15. The summed E-state index contributed by atoms with van der Waals surface area (Å²) in [6.07, 6.45) is 3.30. The molecule has 2 N–H and O–H groups in total. The van der Waals surface area contributed by atoms with Crippen LogP contribution in [-0.2, 0) is 11.2 Å². The average molecular weight is 207 g/mol. The molecule has 0 spiro atoms. The Bertz CT molecular complexity index is 344. The van der Waals surface area contributed by atoms with Crippen molar-refractivity contribution in [1.29, 1.82) is 0 Å². The van der Waals surface area contributed by atoms with Crippen LogP contribution in [-0.4, -0.2) is 0 Å². The Morgan fingerprint density at radius 3 is 2.07 bits per heavy atom. The summed E-state index contributed by atoms with van der Waals surface area (Å²) in [6, 6.07) is 7.64. The molecule has 1 nitrogen and oxygen atoms in total. The first-order valence-corrected chi connectivity index (χ1v) is 5.51. The van der Waals surface area contributed by atoms with E-state index in [1.54, 1.807) is 13.8 Å². The van der Waals surface area contributed by atoms with Gasteiger partial charge in [-0.25, -0.2) is 4.39 Å². The molecule has 1 aliphatic rings. The van der Waals surface area contributed by atoms with Gasteiger partial charge in [-0.15, -0.1) is 0 Å². The molecular formula is C13H18FN. The first-order valence-electron chi connectivity index (χ1n) is 5.51. The Morgan fingerprint density at radius 1 is 1.20 bits per heavy atom. The molecule has 1 aromatic carbocycles. The lowest BCUT2D eigenvalue weighted by Crippen LogP contribution is -2.43. The summed E-state index contributed by atoms with van der Waals surface area (Å²) in [7, 11) is 0. The highest BCUT2D eigenvalue weighted by molar-refractivity contribution is 5.32. The summed E-state index contributed by atoms with van der Waals surface area (Å²) in [5.41, 5.74) is 6.64. The largest absolute Gasteiger partial charge is 0.321 e. The fraction of sp³-hybridized carbons (Fsp3) is 0.538. The predicted octanol–water partition coefficient (Wildman–Crippen LogP) is 3.23. The van der Waals surface area contributed by atoms with E-state index in [2.05, 4.69) is 0 Å². The molecule has 82 valence electrons. The minimum absolute atomic E-state index is 0.140. The van der Waals surface area contributed by atoms with Gasteiger partial charge in [0.2, 0.25) is 0 Å². The van der Waals surface area contributed by atoms with E-state index in [0.717, 1.165) is 18.4 Å². The van der Waals surface area contributed by atoms with Crippen molar-refractivity contribution in [3.8, 4) is 0 Å². The second-order valence-corrected chi connectivity index (χ2v) is 5.06. The monoisotopic (exact) mass is 207 g/mol. The Morgan fingerprint density at radius 2 is 1.73 bits per heavy atom. The zero-order valence-electron chi connectivity index (χ0n) is 9.39. The van der Waals surface area contributed by atoms with Gasteiger partial charge in [0.05, 0.1) is 0 Å². The molecule has 0 amide bonds. The van der Waals surface area contributed by atoms with E-state index in [1.165, 1.54) is 6.42 Å². The molecule has 1 aromatic rings. The van der Waals surface area contributed by atoms with E-state index in [1.807, 2.05) is 24.3 Å². The minimum atomic E-state index is -1.26. The van der Waals surface area contributed by atoms with Crippen LogP contribution in [0.4, 0.5) is 4.39 Å². The van der Waals surface area contributed by atoms with E-state index in [9.17, 15) is 4.39 Å². The van der Waals surface area contributed by atoms with E-state index in [0.29, 0.717) is 5.56 Å². The predicted molar refractivity (Wildman–Crippen MR) is 60.3 cm³/mol. The number of alkyl halides is 1. The number of benzene rings is 1. The van der Waals surface area contributed by atoms with Gasteiger partial charge < -0.3 is 5.73 Å². The molecule has 0 heterocycles. The lowest BCUT2D eigenvalue weighted by Gasteiger charge is -2.38. The number of rotatable bonds is 2. The molecule has 0 atom stereocenters. The van der Waals surface area contributed by atoms with Crippen LogP contribution in [0, 0.1) is 0 Å². The lowest BCUT2D eigenvalue weighted by atomic mass is 9.72. The molecule has 1 saturated carbocycles. The second kappa shape index (κ2) is 3.31. The van der Waals surface area contributed by atoms with Crippen LogP contribution < -0.4 is 5.73 Å². The third-order valence-corrected chi connectivity index (χ3v) is 3.39. The number of hydrogen-bond acceptors (Lipinski definition) is 1. The molecule has 0 radical (unpaired) electrons. The van der Waals surface area contributed by atoms with E-state index < -0.39 is 5.67 Å². The molecule has 0 unspecified atom stereocenters. The van der Waals surface area contributed by atoms with Gasteiger partial charge >= 0.3 is 0 Å². The third-order valence-electron chi connectivity index (χ3n) is 3.39. The molecular weight excluding hydrogens is 189 g/mol. The Balaban J connectivity index is 2.24. The lowest BCUT2D eigenvalue weighted by molar-refractivity contribution is 0.220. The molecule has 0 aromatic heterocycles. The maximum atomic E-state index is 13.6. The zero-order chi connectivity index (χ0) is 11.1. The maximum Gasteiger partial charge on any atom is 0.130 e. The minimum Gasteiger partial charge on any atom is -0.321 e. The number of hydrogen-bond donors (Lipinski definition) is 1. The van der Waals surface area contributed by atoms with Crippen molar-refractivity contribution in [3.63, 3.8) is 0 Å². The number of nitrogens with two attached hydrogens (primary N) is 1. The Hall–Kier alpha value is -0.890. The van der Waals surface area contributed by atoms with Crippen LogP contribution in [0.15, 0.2) is 24.3 Å². The SMILES string of the molecule is CC(C)(F)c1ccc(C2(N)CCC2)cc1. The summed E-state index contributed by atoms with van der Waals surface area (Å²) >= 11 is 0. The Kier molecular flexibility index (Phi) is 2.34. The zero-order valence-corrected chi connectivity index (χ0v) is 9.39. The van der Waals surface area contributed by atoms with Crippen LogP contribution in [0.5, 0.6) is 0 Å². The highest BCUT2D eigenvalue weighted by Gasteiger charge is 2.34. The quantitative estimate of drug-likeness (QED) is 0.791. The standard InChI is InChI=1S/C13H18FN/c1-12(2,14)10-4-6-11(7-5-10)13(15)8-3-9-13/h4-7H,3,8-9,15H2,1-2H3. The fourth-order valence-electron chi connectivity index (χ4n) is 2.04. The molecule has 2 heteroatoms.